The molecule has 5 nitrogen and oxygen atoms in total. The van der Waals surface area contributed by atoms with Crippen LogP contribution >= 0.6 is 0 Å². The predicted molar refractivity (Wildman–Crippen MR) is 119 cm³/mol. The van der Waals surface area contributed by atoms with Gasteiger partial charge < -0.3 is 4.57 Å². The number of sulfonamides is 1. The van der Waals surface area contributed by atoms with Crippen LogP contribution in [0.5, 0.6) is 0 Å². The second-order valence-corrected chi connectivity index (χ2v) is 9.46. The van der Waals surface area contributed by atoms with Gasteiger partial charge >= 0.3 is 0 Å². The predicted octanol–water partition coefficient (Wildman–Crippen LogP) is 3.50. The second-order valence-electron chi connectivity index (χ2n) is 8.01. The van der Waals surface area contributed by atoms with Gasteiger partial charge in [0.05, 0.1) is 0 Å². The van der Waals surface area contributed by atoms with E-state index < -0.39 is 10.0 Å². The number of primary sulfonamides is 1. The number of nitrogens with zero attached hydrogens (tertiary/aromatic N) is 2. The van der Waals surface area contributed by atoms with Crippen LogP contribution in [0, 0.1) is 5.92 Å². The average Bonchev–Trinajstić information content (AvgIpc) is 3.25. The first-order valence-electron chi connectivity index (χ1n) is 9.92. The Hall–Kier alpha value is -2.41. The summed E-state index contributed by atoms with van der Waals surface area (Å²) in [7, 11) is -1.56. The smallest absolute Gasteiger partial charge is 0.231 e. The van der Waals surface area contributed by atoms with Crippen LogP contribution in [0.1, 0.15) is 23.1 Å². The summed E-state index contributed by atoms with van der Waals surface area (Å²) in [5.74, 6) is 0.632. The minimum atomic E-state index is -3.62. The van der Waals surface area contributed by atoms with Crippen molar-refractivity contribution >= 4 is 27.0 Å². The van der Waals surface area contributed by atoms with E-state index >= 15 is 0 Å². The minimum Gasteiger partial charge on any atom is -0.350 e. The summed E-state index contributed by atoms with van der Waals surface area (Å²) in [6.07, 6.45) is 6.00. The molecule has 1 saturated heterocycles. The molecule has 0 bridgehead atoms. The van der Waals surface area contributed by atoms with E-state index in [0.29, 0.717) is 5.92 Å². The highest BCUT2D eigenvalue weighted by Gasteiger charge is 2.23. The molecule has 2 heterocycles. The molecule has 0 amide bonds. The van der Waals surface area contributed by atoms with Gasteiger partial charge in [0.1, 0.15) is 0 Å². The molecule has 152 valence electrons. The number of benzene rings is 2. The first kappa shape index (κ1) is 19.9. The zero-order chi connectivity index (χ0) is 20.4. The van der Waals surface area contributed by atoms with Crippen molar-refractivity contribution in [3.8, 4) is 0 Å². The summed E-state index contributed by atoms with van der Waals surface area (Å²) in [5.41, 5.74) is 4.69. The molecule has 2 aromatic carbocycles. The number of hydrogen-bond donors (Lipinski definition) is 1. The molecular formula is C23H27N3O2S. The van der Waals surface area contributed by atoms with E-state index in [1.54, 1.807) is 6.08 Å². The van der Waals surface area contributed by atoms with Crippen molar-refractivity contribution < 1.29 is 8.42 Å². The maximum absolute atomic E-state index is 11.2. The fourth-order valence-corrected chi connectivity index (χ4v) is 4.65. The van der Waals surface area contributed by atoms with E-state index in [1.807, 2.05) is 12.1 Å². The summed E-state index contributed by atoms with van der Waals surface area (Å²) in [5, 5.41) is 7.32. The van der Waals surface area contributed by atoms with Crippen molar-refractivity contribution in [1.29, 1.82) is 0 Å². The molecule has 4 rings (SSSR count). The van der Waals surface area contributed by atoms with Crippen LogP contribution in [0.15, 0.2) is 60.1 Å². The van der Waals surface area contributed by atoms with Gasteiger partial charge in [0, 0.05) is 42.6 Å². The van der Waals surface area contributed by atoms with Gasteiger partial charge in [0.25, 0.3) is 0 Å². The molecule has 0 saturated carbocycles. The van der Waals surface area contributed by atoms with Gasteiger partial charge in [-0.05, 0) is 60.2 Å². The first-order valence-corrected chi connectivity index (χ1v) is 11.5. The third-order valence-electron chi connectivity index (χ3n) is 5.67. The van der Waals surface area contributed by atoms with Crippen molar-refractivity contribution in [1.82, 2.24) is 9.47 Å². The van der Waals surface area contributed by atoms with Gasteiger partial charge in [-0.25, -0.2) is 13.6 Å². The lowest BCUT2D eigenvalue weighted by Crippen LogP contribution is -2.20. The summed E-state index contributed by atoms with van der Waals surface area (Å²) < 4.78 is 24.6. The Balaban J connectivity index is 1.50. The molecule has 1 aromatic heterocycles. The first-order chi connectivity index (χ1) is 13.9. The van der Waals surface area contributed by atoms with Crippen LogP contribution in [0.4, 0.5) is 0 Å². The lowest BCUT2D eigenvalue weighted by atomic mass is 9.97. The van der Waals surface area contributed by atoms with Crippen LogP contribution in [0.2, 0.25) is 0 Å². The molecule has 0 aliphatic carbocycles. The summed E-state index contributed by atoms with van der Waals surface area (Å²) in [6.45, 7) is 3.25. The highest BCUT2D eigenvalue weighted by atomic mass is 32.2. The molecule has 1 unspecified atom stereocenters. The highest BCUT2D eigenvalue weighted by molar-refractivity contribution is 7.92. The quantitative estimate of drug-likeness (QED) is 0.677. The van der Waals surface area contributed by atoms with E-state index in [4.69, 9.17) is 5.14 Å². The van der Waals surface area contributed by atoms with Gasteiger partial charge in [-0.3, -0.25) is 4.90 Å². The molecule has 2 N–H and O–H groups in total. The Kier molecular flexibility index (Phi) is 5.58. The van der Waals surface area contributed by atoms with Gasteiger partial charge in [0.15, 0.2) is 0 Å². The zero-order valence-electron chi connectivity index (χ0n) is 16.7. The van der Waals surface area contributed by atoms with Crippen molar-refractivity contribution in [2.24, 2.45) is 18.1 Å². The van der Waals surface area contributed by atoms with Crippen LogP contribution in [0.3, 0.4) is 0 Å². The molecule has 3 aromatic rings. The van der Waals surface area contributed by atoms with Gasteiger partial charge in [-0.15, -0.1) is 0 Å². The van der Waals surface area contributed by atoms with Gasteiger partial charge in [-0.2, -0.15) is 0 Å². The lowest BCUT2D eigenvalue weighted by Gasteiger charge is -2.16. The number of fused-ring (bicyclic) bond motifs is 1. The molecule has 1 aliphatic rings. The van der Waals surface area contributed by atoms with Crippen molar-refractivity contribution in [3.63, 3.8) is 0 Å². The molecule has 29 heavy (non-hydrogen) atoms. The Morgan fingerprint density at radius 2 is 1.97 bits per heavy atom. The lowest BCUT2D eigenvalue weighted by molar-refractivity contribution is 0.316. The molecule has 1 aliphatic heterocycles. The fourth-order valence-electron chi connectivity index (χ4n) is 4.31. The molecule has 0 radical (unpaired) electrons. The normalized spacial score (nSPS) is 18.2. The average molecular weight is 410 g/mol. The Labute approximate surface area is 172 Å². The molecule has 1 atom stereocenters. The van der Waals surface area contributed by atoms with Gasteiger partial charge in [-0.1, -0.05) is 36.4 Å². The van der Waals surface area contributed by atoms with E-state index in [2.05, 4.69) is 59.1 Å². The Bertz CT molecular complexity index is 1130. The Morgan fingerprint density at radius 3 is 2.72 bits per heavy atom. The number of aryl methyl sites for hydroxylation is 1. The van der Waals surface area contributed by atoms with Crippen molar-refractivity contribution in [2.75, 3.05) is 13.1 Å². The van der Waals surface area contributed by atoms with E-state index in [0.717, 1.165) is 42.5 Å². The number of likely N-dealkylation sites (tertiary alicyclic amines) is 1. The van der Waals surface area contributed by atoms with E-state index in [1.165, 1.54) is 22.9 Å². The zero-order valence-corrected chi connectivity index (χ0v) is 17.5. The number of aromatic nitrogens is 1. The van der Waals surface area contributed by atoms with Crippen LogP contribution in [0.25, 0.3) is 17.0 Å². The molecule has 6 heteroatoms. The molecule has 0 spiro atoms. The maximum Gasteiger partial charge on any atom is 0.231 e. The minimum absolute atomic E-state index is 0.632. The summed E-state index contributed by atoms with van der Waals surface area (Å²) >= 11 is 0. The van der Waals surface area contributed by atoms with Crippen LogP contribution < -0.4 is 5.14 Å². The SMILES string of the molecule is Cn1cc(CC2CCN(Cc3ccccc3)C2)c2cc(/C=C/S(N)(=O)=O)ccc21. The topological polar surface area (TPSA) is 68.3 Å². The standard InChI is InChI=1S/C23H27N3O2S/c1-25-17-21(22-14-18(7-8-23(22)25)10-12-29(24,27)28)13-20-9-11-26(16-20)15-19-5-3-2-4-6-19/h2-8,10,12,14,17,20H,9,11,13,15-16H2,1H3,(H2,24,27,28)/b12-10+. The molecular weight excluding hydrogens is 382 g/mol. The van der Waals surface area contributed by atoms with Crippen molar-refractivity contribution in [2.45, 2.75) is 19.4 Å². The van der Waals surface area contributed by atoms with E-state index in [-0.39, 0.29) is 0 Å². The third-order valence-corrected chi connectivity index (χ3v) is 6.19. The Morgan fingerprint density at radius 1 is 1.17 bits per heavy atom. The number of nitrogens with two attached hydrogens (primary N) is 1. The monoisotopic (exact) mass is 409 g/mol. The van der Waals surface area contributed by atoms with Crippen LogP contribution in [-0.2, 0) is 30.0 Å². The molecule has 1 fully saturated rings. The highest BCUT2D eigenvalue weighted by Crippen LogP contribution is 2.28. The number of rotatable bonds is 6. The largest absolute Gasteiger partial charge is 0.350 e. The maximum atomic E-state index is 11.2. The summed E-state index contributed by atoms with van der Waals surface area (Å²) in [6, 6.07) is 16.7. The summed E-state index contributed by atoms with van der Waals surface area (Å²) in [4.78, 5) is 2.53. The van der Waals surface area contributed by atoms with Crippen LogP contribution in [-0.4, -0.2) is 31.0 Å². The third kappa shape index (κ3) is 4.96. The second kappa shape index (κ2) is 8.14. The van der Waals surface area contributed by atoms with Crippen molar-refractivity contribution in [3.05, 3.63) is 76.8 Å². The fraction of sp³-hybridized carbons (Fsp3) is 0.304. The van der Waals surface area contributed by atoms with E-state index in [9.17, 15) is 8.42 Å². The number of hydrogen-bond acceptors (Lipinski definition) is 3. The van der Waals surface area contributed by atoms with Gasteiger partial charge in [0.2, 0.25) is 10.0 Å².